The van der Waals surface area contributed by atoms with E-state index >= 15 is 0 Å². The third-order valence-electron chi connectivity index (χ3n) is 3.58. The minimum Gasteiger partial charge on any atom is -0.383 e. The van der Waals surface area contributed by atoms with Crippen LogP contribution < -0.4 is 10.2 Å². The average molecular weight is 277 g/mol. The smallest absolute Gasteiger partial charge is 0.199 e. The summed E-state index contributed by atoms with van der Waals surface area (Å²) in [6.45, 7) is 3.45. The first kappa shape index (κ1) is 13.2. The van der Waals surface area contributed by atoms with Gasteiger partial charge in [-0.25, -0.2) is 0 Å². The second kappa shape index (κ2) is 6.10. The molecule has 108 valence electrons. The van der Waals surface area contributed by atoms with Gasteiger partial charge in [0.15, 0.2) is 11.5 Å². The molecule has 0 saturated carbocycles. The van der Waals surface area contributed by atoms with E-state index in [0.717, 1.165) is 25.5 Å². The molecule has 0 amide bonds. The zero-order valence-corrected chi connectivity index (χ0v) is 11.6. The monoisotopic (exact) mass is 277 g/mol. The van der Waals surface area contributed by atoms with Crippen LogP contribution in [0.4, 0.5) is 5.82 Å². The summed E-state index contributed by atoms with van der Waals surface area (Å²) in [5.41, 5.74) is 0.657. The van der Waals surface area contributed by atoms with Gasteiger partial charge in [-0.3, -0.25) is 4.98 Å². The molecule has 2 aromatic heterocycles. The van der Waals surface area contributed by atoms with Crippen molar-refractivity contribution in [3.63, 3.8) is 0 Å². The van der Waals surface area contributed by atoms with E-state index in [1.165, 1.54) is 12.8 Å². The van der Waals surface area contributed by atoms with Crippen molar-refractivity contribution in [1.82, 2.24) is 30.3 Å². The molecule has 0 spiro atoms. The zero-order chi connectivity index (χ0) is 13.8. The van der Waals surface area contributed by atoms with Gasteiger partial charge in [0.05, 0.1) is 19.0 Å². The highest BCUT2D eigenvalue weighted by Gasteiger charge is 2.20. The van der Waals surface area contributed by atoms with Crippen molar-refractivity contribution in [3.8, 4) is 0 Å². The molecule has 1 aliphatic heterocycles. The van der Waals surface area contributed by atoms with Gasteiger partial charge in [-0.1, -0.05) is 0 Å². The molecule has 2 aromatic rings. The maximum Gasteiger partial charge on any atom is 0.199 e. The average Bonchev–Trinajstić information content (AvgIpc) is 3.13. The standard InChI is InChI=1S/C12H19N7O/c1-20-6-5-18(9-10-3-2-4-14-10)12-8-13-7-11-15-16-17-19(11)12/h7-8,10,14H,2-6,9H2,1H3. The number of rotatable bonds is 6. The predicted octanol–water partition coefficient (Wildman–Crippen LogP) is -0.276. The molecule has 1 aliphatic rings. The Hall–Kier alpha value is -1.80. The Morgan fingerprint density at radius 2 is 2.45 bits per heavy atom. The molecule has 3 rings (SSSR count). The molecule has 20 heavy (non-hydrogen) atoms. The van der Waals surface area contributed by atoms with Crippen LogP contribution in [0.15, 0.2) is 12.4 Å². The van der Waals surface area contributed by atoms with Crippen LogP contribution in [0.5, 0.6) is 0 Å². The lowest BCUT2D eigenvalue weighted by atomic mass is 10.2. The Labute approximate surface area is 117 Å². The number of anilines is 1. The maximum absolute atomic E-state index is 5.21. The lowest BCUT2D eigenvalue weighted by Gasteiger charge is -2.27. The van der Waals surface area contributed by atoms with E-state index in [9.17, 15) is 0 Å². The minimum atomic E-state index is 0.499. The molecule has 8 heteroatoms. The van der Waals surface area contributed by atoms with Crippen LogP contribution in [0.25, 0.3) is 5.65 Å². The van der Waals surface area contributed by atoms with E-state index in [4.69, 9.17) is 4.74 Å². The van der Waals surface area contributed by atoms with Crippen molar-refractivity contribution >= 4 is 11.5 Å². The molecule has 1 saturated heterocycles. The highest BCUT2D eigenvalue weighted by molar-refractivity contribution is 5.46. The van der Waals surface area contributed by atoms with Gasteiger partial charge in [-0.2, -0.15) is 4.52 Å². The van der Waals surface area contributed by atoms with Crippen LogP contribution in [0.2, 0.25) is 0 Å². The number of aromatic nitrogens is 5. The summed E-state index contributed by atoms with van der Waals surface area (Å²) < 4.78 is 6.93. The van der Waals surface area contributed by atoms with E-state index in [2.05, 4.69) is 30.7 Å². The molecule has 0 radical (unpaired) electrons. The Morgan fingerprint density at radius 1 is 1.50 bits per heavy atom. The summed E-state index contributed by atoms with van der Waals surface area (Å²) in [7, 11) is 1.71. The number of ether oxygens (including phenoxy) is 1. The quantitative estimate of drug-likeness (QED) is 0.778. The number of tetrazole rings is 1. The summed E-state index contributed by atoms with van der Waals surface area (Å²) in [5.74, 6) is 0.901. The van der Waals surface area contributed by atoms with Crippen LogP contribution in [-0.2, 0) is 4.74 Å². The third-order valence-corrected chi connectivity index (χ3v) is 3.58. The number of nitrogens with one attached hydrogen (secondary N) is 1. The molecule has 1 N–H and O–H groups in total. The fraction of sp³-hybridized carbons (Fsp3) is 0.667. The molecule has 8 nitrogen and oxygen atoms in total. The Bertz CT molecular complexity index is 551. The van der Waals surface area contributed by atoms with Crippen molar-refractivity contribution < 1.29 is 4.74 Å². The second-order valence-electron chi connectivity index (χ2n) is 4.95. The first-order valence-corrected chi connectivity index (χ1v) is 6.88. The molecular weight excluding hydrogens is 258 g/mol. The minimum absolute atomic E-state index is 0.499. The molecule has 0 bridgehead atoms. The largest absolute Gasteiger partial charge is 0.383 e. The van der Waals surface area contributed by atoms with Crippen LogP contribution in [0.3, 0.4) is 0 Å². The second-order valence-corrected chi connectivity index (χ2v) is 4.95. The van der Waals surface area contributed by atoms with Gasteiger partial charge in [-0.15, -0.1) is 5.10 Å². The van der Waals surface area contributed by atoms with Gasteiger partial charge in [0, 0.05) is 26.2 Å². The van der Waals surface area contributed by atoms with Crippen molar-refractivity contribution in [3.05, 3.63) is 12.4 Å². The predicted molar refractivity (Wildman–Crippen MR) is 73.7 cm³/mol. The SMILES string of the molecule is COCCN(CC1CCCN1)c1cncc2nnnn12. The van der Waals surface area contributed by atoms with Gasteiger partial charge >= 0.3 is 0 Å². The summed E-state index contributed by atoms with van der Waals surface area (Å²) in [5, 5.41) is 15.2. The first-order chi connectivity index (χ1) is 9.88. The molecule has 1 fully saturated rings. The van der Waals surface area contributed by atoms with Gasteiger partial charge in [0.2, 0.25) is 0 Å². The first-order valence-electron chi connectivity index (χ1n) is 6.88. The number of hydrogen-bond donors (Lipinski definition) is 1. The highest BCUT2D eigenvalue weighted by Crippen LogP contribution is 2.15. The summed E-state index contributed by atoms with van der Waals surface area (Å²) in [4.78, 5) is 6.45. The fourth-order valence-corrected chi connectivity index (χ4v) is 2.56. The van der Waals surface area contributed by atoms with Crippen molar-refractivity contribution in [2.45, 2.75) is 18.9 Å². The highest BCUT2D eigenvalue weighted by atomic mass is 16.5. The molecule has 1 unspecified atom stereocenters. The number of nitrogens with zero attached hydrogens (tertiary/aromatic N) is 6. The van der Waals surface area contributed by atoms with Crippen molar-refractivity contribution in [2.75, 3.05) is 38.3 Å². The van der Waals surface area contributed by atoms with Gasteiger partial charge in [-0.05, 0) is 29.8 Å². The van der Waals surface area contributed by atoms with E-state index in [1.54, 1.807) is 24.0 Å². The third kappa shape index (κ3) is 2.70. The summed E-state index contributed by atoms with van der Waals surface area (Å²) in [6, 6.07) is 0.499. The van der Waals surface area contributed by atoms with Crippen LogP contribution in [0.1, 0.15) is 12.8 Å². The fourth-order valence-electron chi connectivity index (χ4n) is 2.56. The Morgan fingerprint density at radius 3 is 3.25 bits per heavy atom. The van der Waals surface area contributed by atoms with Crippen LogP contribution >= 0.6 is 0 Å². The maximum atomic E-state index is 5.21. The number of hydrogen-bond acceptors (Lipinski definition) is 7. The Kier molecular flexibility index (Phi) is 4.03. The van der Waals surface area contributed by atoms with Gasteiger partial charge in [0.25, 0.3) is 0 Å². The molecular formula is C12H19N7O. The van der Waals surface area contributed by atoms with E-state index < -0.39 is 0 Å². The Balaban J connectivity index is 1.84. The van der Waals surface area contributed by atoms with Crippen molar-refractivity contribution in [2.24, 2.45) is 0 Å². The molecule has 0 aromatic carbocycles. The molecule has 3 heterocycles. The normalized spacial score (nSPS) is 18.8. The van der Waals surface area contributed by atoms with Crippen LogP contribution in [0, 0.1) is 0 Å². The van der Waals surface area contributed by atoms with E-state index in [1.807, 2.05) is 0 Å². The van der Waals surface area contributed by atoms with Gasteiger partial charge < -0.3 is 15.0 Å². The summed E-state index contributed by atoms with van der Waals surface area (Å²) in [6.07, 6.45) is 5.89. The van der Waals surface area contributed by atoms with Crippen molar-refractivity contribution in [1.29, 1.82) is 0 Å². The number of fused-ring (bicyclic) bond motifs is 1. The molecule has 0 aliphatic carbocycles. The lowest BCUT2D eigenvalue weighted by molar-refractivity contribution is 0.204. The van der Waals surface area contributed by atoms with E-state index in [-0.39, 0.29) is 0 Å². The van der Waals surface area contributed by atoms with Gasteiger partial charge in [0.1, 0.15) is 0 Å². The topological polar surface area (TPSA) is 80.5 Å². The lowest BCUT2D eigenvalue weighted by Crippen LogP contribution is -2.40. The summed E-state index contributed by atoms with van der Waals surface area (Å²) >= 11 is 0. The van der Waals surface area contributed by atoms with E-state index in [0.29, 0.717) is 18.3 Å². The number of methoxy groups -OCH3 is 1. The zero-order valence-electron chi connectivity index (χ0n) is 11.6. The molecule has 1 atom stereocenters. The van der Waals surface area contributed by atoms with Crippen LogP contribution in [-0.4, -0.2) is 64.4 Å².